The lowest BCUT2D eigenvalue weighted by molar-refractivity contribution is 0.0691. The van der Waals surface area contributed by atoms with Crippen molar-refractivity contribution in [3.8, 4) is 11.3 Å². The Kier molecular flexibility index (Phi) is 2.57. The van der Waals surface area contributed by atoms with E-state index in [9.17, 15) is 4.79 Å². The number of carboxylic acids is 1. The van der Waals surface area contributed by atoms with Gasteiger partial charge in [0.05, 0.1) is 5.69 Å². The maximum absolute atomic E-state index is 10.9. The molecule has 3 aromatic rings. The highest BCUT2D eigenvalue weighted by Crippen LogP contribution is 2.27. The summed E-state index contributed by atoms with van der Waals surface area (Å²) in [5.74, 6) is -1.03. The summed E-state index contributed by atoms with van der Waals surface area (Å²) in [6, 6.07) is 7.42. The molecule has 1 N–H and O–H groups in total. The van der Waals surface area contributed by atoms with Gasteiger partial charge >= 0.3 is 5.97 Å². The van der Waals surface area contributed by atoms with E-state index in [0.717, 1.165) is 11.3 Å². The van der Waals surface area contributed by atoms with Crippen LogP contribution in [0.3, 0.4) is 0 Å². The van der Waals surface area contributed by atoms with Crippen LogP contribution in [0, 0.1) is 0 Å². The van der Waals surface area contributed by atoms with Crippen LogP contribution in [0.5, 0.6) is 0 Å². The minimum absolute atomic E-state index is 0.0464. The van der Waals surface area contributed by atoms with Crippen LogP contribution in [0.2, 0.25) is 5.02 Å². The van der Waals surface area contributed by atoms with Gasteiger partial charge in [-0.3, -0.25) is 4.40 Å². The number of halogens is 1. The topological polar surface area (TPSA) is 54.6 Å². The Labute approximate surface area is 111 Å². The molecule has 4 nitrogen and oxygen atoms in total. The molecule has 6 heteroatoms. The van der Waals surface area contributed by atoms with Crippen molar-refractivity contribution in [3.05, 3.63) is 46.6 Å². The van der Waals surface area contributed by atoms with E-state index in [1.54, 1.807) is 10.5 Å². The summed E-state index contributed by atoms with van der Waals surface area (Å²) < 4.78 is 1.76. The van der Waals surface area contributed by atoms with Gasteiger partial charge in [-0.2, -0.15) is 0 Å². The molecule has 2 aromatic heterocycles. The third kappa shape index (κ3) is 1.77. The molecule has 0 unspecified atom stereocenters. The fourth-order valence-electron chi connectivity index (χ4n) is 1.74. The summed E-state index contributed by atoms with van der Waals surface area (Å²) in [7, 11) is 0. The standard InChI is InChI=1S/C12H7ClN2O2S/c13-8-3-1-2-7(4-8)10-6-18-12-14-9(11(16)17)5-15(10)12/h1-6H,(H,16,17). The molecule has 0 spiro atoms. The second kappa shape index (κ2) is 4.12. The SMILES string of the molecule is O=C(O)c1cn2c(-c3cccc(Cl)c3)csc2n1. The van der Waals surface area contributed by atoms with Crippen LogP contribution in [0.4, 0.5) is 0 Å². The number of benzene rings is 1. The molecule has 2 heterocycles. The minimum Gasteiger partial charge on any atom is -0.476 e. The molecular formula is C12H7ClN2O2S. The quantitative estimate of drug-likeness (QED) is 0.781. The lowest BCUT2D eigenvalue weighted by Crippen LogP contribution is -1.95. The van der Waals surface area contributed by atoms with E-state index in [-0.39, 0.29) is 5.69 Å². The first-order valence-electron chi connectivity index (χ1n) is 5.11. The summed E-state index contributed by atoms with van der Waals surface area (Å²) in [5.41, 5.74) is 1.87. The zero-order valence-electron chi connectivity index (χ0n) is 9.00. The first-order chi connectivity index (χ1) is 8.65. The molecule has 0 bridgehead atoms. The van der Waals surface area contributed by atoms with Gasteiger partial charge in [0, 0.05) is 22.2 Å². The van der Waals surface area contributed by atoms with Gasteiger partial charge in [-0.25, -0.2) is 9.78 Å². The number of thiazole rings is 1. The summed E-state index contributed by atoms with van der Waals surface area (Å²) in [6.07, 6.45) is 1.52. The number of aromatic nitrogens is 2. The molecule has 0 saturated heterocycles. The molecule has 0 radical (unpaired) electrons. The minimum atomic E-state index is -1.03. The Morgan fingerprint density at radius 3 is 3.00 bits per heavy atom. The highest BCUT2D eigenvalue weighted by Gasteiger charge is 2.13. The highest BCUT2D eigenvalue weighted by molar-refractivity contribution is 7.15. The first-order valence-corrected chi connectivity index (χ1v) is 6.37. The fraction of sp³-hybridized carbons (Fsp3) is 0. The van der Waals surface area contributed by atoms with E-state index in [1.807, 2.05) is 23.6 Å². The number of hydrogen-bond donors (Lipinski definition) is 1. The van der Waals surface area contributed by atoms with Crippen LogP contribution < -0.4 is 0 Å². The van der Waals surface area contributed by atoms with E-state index in [4.69, 9.17) is 16.7 Å². The Morgan fingerprint density at radius 1 is 1.44 bits per heavy atom. The monoisotopic (exact) mass is 278 g/mol. The summed E-state index contributed by atoms with van der Waals surface area (Å²) in [6.45, 7) is 0. The molecule has 0 aliphatic carbocycles. The van der Waals surface area contributed by atoms with Gasteiger partial charge in [-0.15, -0.1) is 11.3 Å². The van der Waals surface area contributed by atoms with Crippen LogP contribution in [-0.2, 0) is 0 Å². The van der Waals surface area contributed by atoms with Crippen LogP contribution in [0.1, 0.15) is 10.5 Å². The molecule has 0 atom stereocenters. The average Bonchev–Trinajstić information content (AvgIpc) is 2.87. The van der Waals surface area contributed by atoms with Crippen molar-refractivity contribution < 1.29 is 9.90 Å². The van der Waals surface area contributed by atoms with Gasteiger partial charge in [0.1, 0.15) is 0 Å². The van der Waals surface area contributed by atoms with Gasteiger partial charge < -0.3 is 5.11 Å². The van der Waals surface area contributed by atoms with Crippen LogP contribution in [0.15, 0.2) is 35.8 Å². The third-order valence-electron chi connectivity index (χ3n) is 2.55. The van der Waals surface area contributed by atoms with E-state index in [1.165, 1.54) is 17.5 Å². The zero-order chi connectivity index (χ0) is 12.7. The van der Waals surface area contributed by atoms with Gasteiger partial charge in [-0.1, -0.05) is 23.7 Å². The lowest BCUT2D eigenvalue weighted by atomic mass is 10.2. The van der Waals surface area contributed by atoms with Gasteiger partial charge in [-0.05, 0) is 12.1 Å². The molecule has 0 fully saturated rings. The normalized spacial score (nSPS) is 10.9. The van der Waals surface area contributed by atoms with Crippen LogP contribution >= 0.6 is 22.9 Å². The van der Waals surface area contributed by atoms with Gasteiger partial charge in [0.2, 0.25) is 0 Å². The van der Waals surface area contributed by atoms with E-state index in [2.05, 4.69) is 4.98 Å². The van der Waals surface area contributed by atoms with Crippen molar-refractivity contribution in [1.82, 2.24) is 9.38 Å². The van der Waals surface area contributed by atoms with Crippen molar-refractivity contribution >= 4 is 33.9 Å². The van der Waals surface area contributed by atoms with Crippen molar-refractivity contribution in [1.29, 1.82) is 0 Å². The molecule has 0 saturated carbocycles. The molecule has 0 aliphatic rings. The maximum atomic E-state index is 10.9. The number of carbonyl (C=O) groups is 1. The predicted octanol–water partition coefficient (Wildman–Crippen LogP) is 3.41. The van der Waals surface area contributed by atoms with Crippen molar-refractivity contribution in [2.24, 2.45) is 0 Å². The number of imidazole rings is 1. The van der Waals surface area contributed by atoms with Gasteiger partial charge in [0.15, 0.2) is 10.7 Å². The molecule has 0 aliphatic heterocycles. The van der Waals surface area contributed by atoms with Crippen LogP contribution in [0.25, 0.3) is 16.2 Å². The number of rotatable bonds is 2. The molecule has 3 rings (SSSR count). The first kappa shape index (κ1) is 11.3. The van der Waals surface area contributed by atoms with Crippen molar-refractivity contribution in [3.63, 3.8) is 0 Å². The second-order valence-electron chi connectivity index (χ2n) is 3.72. The second-order valence-corrected chi connectivity index (χ2v) is 4.99. The van der Waals surface area contributed by atoms with E-state index >= 15 is 0 Å². The number of nitrogens with zero attached hydrogens (tertiary/aromatic N) is 2. The van der Waals surface area contributed by atoms with Crippen molar-refractivity contribution in [2.75, 3.05) is 0 Å². The lowest BCUT2D eigenvalue weighted by Gasteiger charge is -1.99. The Balaban J connectivity index is 2.20. The average molecular weight is 279 g/mol. The number of hydrogen-bond acceptors (Lipinski definition) is 3. The Morgan fingerprint density at radius 2 is 2.28 bits per heavy atom. The number of carboxylic acid groups (broad SMARTS) is 1. The van der Waals surface area contributed by atoms with Crippen molar-refractivity contribution in [2.45, 2.75) is 0 Å². The van der Waals surface area contributed by atoms with Gasteiger partial charge in [0.25, 0.3) is 0 Å². The highest BCUT2D eigenvalue weighted by atomic mass is 35.5. The van der Waals surface area contributed by atoms with Crippen LogP contribution in [-0.4, -0.2) is 20.5 Å². The van der Waals surface area contributed by atoms with E-state index in [0.29, 0.717) is 9.98 Å². The molecular weight excluding hydrogens is 272 g/mol. The Hall–Kier alpha value is -1.85. The molecule has 1 aromatic carbocycles. The third-order valence-corrected chi connectivity index (χ3v) is 3.62. The fourth-order valence-corrected chi connectivity index (χ4v) is 2.81. The molecule has 0 amide bonds. The van der Waals surface area contributed by atoms with E-state index < -0.39 is 5.97 Å². The number of aromatic carboxylic acids is 1. The summed E-state index contributed by atoms with van der Waals surface area (Å²) in [4.78, 5) is 15.6. The molecule has 90 valence electrons. The summed E-state index contributed by atoms with van der Waals surface area (Å²) in [5, 5.41) is 11.5. The summed E-state index contributed by atoms with van der Waals surface area (Å²) >= 11 is 7.35. The number of fused-ring (bicyclic) bond motifs is 1. The zero-order valence-corrected chi connectivity index (χ0v) is 10.6. The largest absolute Gasteiger partial charge is 0.476 e. The molecule has 18 heavy (non-hydrogen) atoms. The predicted molar refractivity (Wildman–Crippen MR) is 70.5 cm³/mol. The smallest absolute Gasteiger partial charge is 0.356 e. The Bertz CT molecular complexity index is 747. The maximum Gasteiger partial charge on any atom is 0.356 e.